The number of hydrogen-bond acceptors (Lipinski definition) is 4. The zero-order chi connectivity index (χ0) is 15.1. The van der Waals surface area contributed by atoms with Crippen LogP contribution in [0, 0.1) is 0 Å². The quantitative estimate of drug-likeness (QED) is 0.904. The summed E-state index contributed by atoms with van der Waals surface area (Å²) < 4.78 is 0. The number of aromatic nitrogens is 2. The lowest BCUT2D eigenvalue weighted by Crippen LogP contribution is -2.63. The molecule has 0 aromatic carbocycles. The fourth-order valence-corrected chi connectivity index (χ4v) is 4.25. The molecule has 2 saturated heterocycles. The predicted octanol–water partition coefficient (Wildman–Crippen LogP) is 1.11. The Kier molecular flexibility index (Phi) is 3.96. The monoisotopic (exact) mass is 303 g/mol. The topological polar surface area (TPSA) is 38.4 Å². The summed E-state index contributed by atoms with van der Waals surface area (Å²) in [5, 5.41) is 7.78. The molecule has 3 aliphatic rings. The van der Waals surface area contributed by atoms with Crippen molar-refractivity contribution in [1.29, 1.82) is 0 Å². The number of hydrogen-bond donors (Lipinski definition) is 1. The zero-order valence-electron chi connectivity index (χ0n) is 14.0. The van der Waals surface area contributed by atoms with Gasteiger partial charge >= 0.3 is 0 Å². The van der Waals surface area contributed by atoms with Crippen LogP contribution in [0.5, 0.6) is 0 Å². The number of nitrogens with one attached hydrogen (secondary N) is 1. The first-order valence-corrected chi connectivity index (χ1v) is 8.96. The molecule has 1 aromatic heterocycles. The summed E-state index contributed by atoms with van der Waals surface area (Å²) in [5.74, 6) is 0. The fraction of sp³-hybridized carbons (Fsp3) is 0.824. The van der Waals surface area contributed by atoms with Crippen molar-refractivity contribution in [2.24, 2.45) is 0 Å². The number of piperazine rings is 1. The van der Waals surface area contributed by atoms with Crippen LogP contribution in [-0.4, -0.2) is 76.2 Å². The van der Waals surface area contributed by atoms with E-state index in [4.69, 9.17) is 0 Å². The smallest absolute Gasteiger partial charge is 0.0797 e. The van der Waals surface area contributed by atoms with E-state index in [0.29, 0.717) is 6.04 Å². The van der Waals surface area contributed by atoms with E-state index in [0.717, 1.165) is 12.6 Å². The summed E-state index contributed by atoms with van der Waals surface area (Å²) in [6, 6.07) is 1.48. The molecule has 0 amide bonds. The maximum Gasteiger partial charge on any atom is 0.0797 e. The van der Waals surface area contributed by atoms with Crippen LogP contribution in [0.15, 0.2) is 0 Å². The molecule has 0 spiro atoms. The fourth-order valence-electron chi connectivity index (χ4n) is 4.25. The molecule has 0 saturated carbocycles. The number of aryl methyl sites for hydroxylation is 1. The second kappa shape index (κ2) is 5.95. The van der Waals surface area contributed by atoms with E-state index in [1.165, 1.54) is 75.5 Å². The van der Waals surface area contributed by atoms with Crippen LogP contribution >= 0.6 is 0 Å². The normalized spacial score (nSPS) is 24.9. The molecule has 1 aliphatic carbocycles. The minimum absolute atomic E-state index is 0.696. The van der Waals surface area contributed by atoms with Crippen LogP contribution < -0.4 is 0 Å². The molecule has 1 N–H and O–H groups in total. The first kappa shape index (κ1) is 14.7. The molecule has 0 atom stereocenters. The Morgan fingerprint density at radius 1 is 1.14 bits per heavy atom. The summed E-state index contributed by atoms with van der Waals surface area (Å²) in [6.07, 6.45) is 3.74. The van der Waals surface area contributed by atoms with E-state index >= 15 is 0 Å². The maximum atomic E-state index is 4.54. The van der Waals surface area contributed by atoms with Crippen LogP contribution in [0.3, 0.4) is 0 Å². The molecule has 5 nitrogen and oxygen atoms in total. The average molecular weight is 303 g/mol. The summed E-state index contributed by atoms with van der Waals surface area (Å²) in [5.41, 5.74) is 4.24. The Labute approximate surface area is 133 Å². The van der Waals surface area contributed by atoms with Gasteiger partial charge in [-0.1, -0.05) is 0 Å². The minimum Gasteiger partial charge on any atom is -0.298 e. The molecule has 2 aliphatic heterocycles. The molecule has 0 radical (unpaired) electrons. The zero-order valence-corrected chi connectivity index (χ0v) is 14.0. The molecule has 2 fully saturated rings. The van der Waals surface area contributed by atoms with Gasteiger partial charge in [0.05, 0.1) is 5.69 Å². The lowest BCUT2D eigenvalue weighted by Gasteiger charge is -2.48. The third-order valence-electron chi connectivity index (χ3n) is 5.80. The lowest BCUT2D eigenvalue weighted by atomic mass is 10.0. The van der Waals surface area contributed by atoms with Crippen molar-refractivity contribution in [3.05, 3.63) is 17.0 Å². The molecule has 3 heterocycles. The second-order valence-corrected chi connectivity index (χ2v) is 7.49. The highest BCUT2D eigenvalue weighted by Gasteiger charge is 2.34. The molecule has 4 rings (SSSR count). The predicted molar refractivity (Wildman–Crippen MR) is 88.0 cm³/mol. The van der Waals surface area contributed by atoms with Gasteiger partial charge in [-0.15, -0.1) is 0 Å². The van der Waals surface area contributed by atoms with Crippen LogP contribution in [0.1, 0.15) is 37.2 Å². The van der Waals surface area contributed by atoms with Gasteiger partial charge in [-0.05, 0) is 38.7 Å². The molecule has 1 aromatic rings. The highest BCUT2D eigenvalue weighted by atomic mass is 15.4. The van der Waals surface area contributed by atoms with Crippen molar-refractivity contribution in [2.75, 3.05) is 39.3 Å². The van der Waals surface area contributed by atoms with E-state index < -0.39 is 0 Å². The van der Waals surface area contributed by atoms with Crippen molar-refractivity contribution >= 4 is 0 Å². The van der Waals surface area contributed by atoms with Gasteiger partial charge in [0, 0.05) is 63.6 Å². The first-order chi connectivity index (χ1) is 10.7. The molecular weight excluding hydrogens is 274 g/mol. The molecule has 22 heavy (non-hydrogen) atoms. The number of nitrogens with zero attached hydrogens (tertiary/aromatic N) is 4. The third-order valence-corrected chi connectivity index (χ3v) is 5.80. The van der Waals surface area contributed by atoms with Crippen molar-refractivity contribution < 1.29 is 0 Å². The number of aromatic amines is 1. The van der Waals surface area contributed by atoms with Crippen LogP contribution in [0.2, 0.25) is 0 Å². The van der Waals surface area contributed by atoms with Gasteiger partial charge in [0.1, 0.15) is 0 Å². The van der Waals surface area contributed by atoms with E-state index in [1.807, 2.05) is 0 Å². The van der Waals surface area contributed by atoms with E-state index in [9.17, 15) is 0 Å². The van der Waals surface area contributed by atoms with Gasteiger partial charge in [-0.3, -0.25) is 19.8 Å². The van der Waals surface area contributed by atoms with Gasteiger partial charge in [-0.2, -0.15) is 5.10 Å². The Bertz CT molecular complexity index is 509. The average Bonchev–Trinajstić information content (AvgIpc) is 3.06. The number of rotatable bonds is 4. The van der Waals surface area contributed by atoms with Crippen LogP contribution in [-0.2, 0) is 19.4 Å². The number of fused-ring (bicyclic) bond motifs is 1. The van der Waals surface area contributed by atoms with Gasteiger partial charge in [0.25, 0.3) is 0 Å². The standard InChI is InChI=1S/C17H29N5/c1-13(2)21-6-8-22(9-7-21)14-10-20(11-14)12-17-15-4-3-5-16(15)18-19-17/h13-14H,3-12H2,1-2H3,(H,18,19). The van der Waals surface area contributed by atoms with Crippen LogP contribution in [0.4, 0.5) is 0 Å². The summed E-state index contributed by atoms with van der Waals surface area (Å²) in [7, 11) is 0. The van der Waals surface area contributed by atoms with Crippen molar-refractivity contribution in [1.82, 2.24) is 24.9 Å². The Hall–Kier alpha value is -0.910. The highest BCUT2D eigenvalue weighted by molar-refractivity contribution is 5.29. The minimum atomic E-state index is 0.696. The van der Waals surface area contributed by atoms with Crippen molar-refractivity contribution in [2.45, 2.75) is 51.7 Å². The molecule has 5 heteroatoms. The van der Waals surface area contributed by atoms with Crippen LogP contribution in [0.25, 0.3) is 0 Å². The van der Waals surface area contributed by atoms with Gasteiger partial charge in [-0.25, -0.2) is 0 Å². The molecule has 122 valence electrons. The summed E-state index contributed by atoms with van der Waals surface area (Å²) in [4.78, 5) is 7.86. The summed E-state index contributed by atoms with van der Waals surface area (Å²) >= 11 is 0. The van der Waals surface area contributed by atoms with E-state index in [-0.39, 0.29) is 0 Å². The van der Waals surface area contributed by atoms with Crippen molar-refractivity contribution in [3.8, 4) is 0 Å². The Morgan fingerprint density at radius 2 is 1.91 bits per heavy atom. The third kappa shape index (κ3) is 2.70. The van der Waals surface area contributed by atoms with Gasteiger partial charge in [0.15, 0.2) is 0 Å². The highest BCUT2D eigenvalue weighted by Crippen LogP contribution is 2.26. The van der Waals surface area contributed by atoms with Crippen molar-refractivity contribution in [3.63, 3.8) is 0 Å². The Morgan fingerprint density at radius 3 is 2.64 bits per heavy atom. The van der Waals surface area contributed by atoms with Gasteiger partial charge < -0.3 is 0 Å². The SMILES string of the molecule is CC(C)N1CCN(C2CN(Cc3n[nH]c4c3CCC4)C2)CC1. The number of likely N-dealkylation sites (tertiary alicyclic amines) is 1. The second-order valence-electron chi connectivity index (χ2n) is 7.49. The molecule has 0 unspecified atom stereocenters. The van der Waals surface area contributed by atoms with Gasteiger partial charge in [0.2, 0.25) is 0 Å². The largest absolute Gasteiger partial charge is 0.298 e. The van der Waals surface area contributed by atoms with E-state index in [2.05, 4.69) is 38.7 Å². The Balaban J connectivity index is 1.25. The molecular formula is C17H29N5. The first-order valence-electron chi connectivity index (χ1n) is 8.96. The summed E-state index contributed by atoms with van der Waals surface area (Å²) in [6.45, 7) is 13.1. The maximum absolute atomic E-state index is 4.54. The molecule has 0 bridgehead atoms. The van der Waals surface area contributed by atoms with E-state index in [1.54, 1.807) is 0 Å². The number of H-pyrrole nitrogens is 1. The lowest BCUT2D eigenvalue weighted by molar-refractivity contribution is -0.00470.